The lowest BCUT2D eigenvalue weighted by Gasteiger charge is -2.44. The first-order valence-corrected chi connectivity index (χ1v) is 9.84. The first kappa shape index (κ1) is 20.1. The fourth-order valence-corrected chi connectivity index (χ4v) is 4.35. The molecule has 0 radical (unpaired) electrons. The molecule has 2 unspecified atom stereocenters. The SMILES string of the molecule is CN(C)CC1CCC/C(=C/c2ccccc2)C1(O)Cc1c(F)cccc1Cl. The van der Waals surface area contributed by atoms with Crippen LogP contribution in [0, 0.1) is 11.7 Å². The molecular weight excluding hydrogens is 361 g/mol. The fourth-order valence-electron chi connectivity index (χ4n) is 4.12. The molecule has 144 valence electrons. The van der Waals surface area contributed by atoms with Gasteiger partial charge in [-0.2, -0.15) is 0 Å². The minimum Gasteiger partial charge on any atom is -0.385 e. The molecule has 27 heavy (non-hydrogen) atoms. The lowest BCUT2D eigenvalue weighted by Crippen LogP contribution is -2.48. The Balaban J connectivity index is 2.04. The molecule has 2 aromatic rings. The van der Waals surface area contributed by atoms with Gasteiger partial charge in [-0.3, -0.25) is 0 Å². The average molecular weight is 388 g/mol. The van der Waals surface area contributed by atoms with Crippen LogP contribution in [0.5, 0.6) is 0 Å². The van der Waals surface area contributed by atoms with Crippen LogP contribution in [0.3, 0.4) is 0 Å². The number of aliphatic hydroxyl groups is 1. The zero-order valence-electron chi connectivity index (χ0n) is 16.0. The van der Waals surface area contributed by atoms with Crippen LogP contribution in [0.2, 0.25) is 5.02 Å². The third-order valence-electron chi connectivity index (χ3n) is 5.46. The zero-order chi connectivity index (χ0) is 19.4. The van der Waals surface area contributed by atoms with E-state index in [9.17, 15) is 9.50 Å². The van der Waals surface area contributed by atoms with Crippen LogP contribution in [0.25, 0.3) is 6.08 Å². The molecule has 0 amide bonds. The van der Waals surface area contributed by atoms with Gasteiger partial charge in [0.2, 0.25) is 0 Å². The number of rotatable bonds is 5. The van der Waals surface area contributed by atoms with Crippen molar-refractivity contribution in [2.24, 2.45) is 5.92 Å². The minimum absolute atomic E-state index is 0.0203. The van der Waals surface area contributed by atoms with Gasteiger partial charge >= 0.3 is 0 Å². The molecule has 0 bridgehead atoms. The first-order chi connectivity index (χ1) is 12.9. The van der Waals surface area contributed by atoms with E-state index in [0.717, 1.165) is 36.9 Å². The lowest BCUT2D eigenvalue weighted by atomic mass is 9.68. The average Bonchev–Trinajstić information content (AvgIpc) is 2.63. The lowest BCUT2D eigenvalue weighted by molar-refractivity contribution is -0.0128. The number of nitrogens with zero attached hydrogens (tertiary/aromatic N) is 1. The predicted molar refractivity (Wildman–Crippen MR) is 110 cm³/mol. The Morgan fingerprint density at radius 3 is 2.59 bits per heavy atom. The Labute approximate surface area is 166 Å². The van der Waals surface area contributed by atoms with Crippen LogP contribution in [-0.4, -0.2) is 36.2 Å². The Bertz CT molecular complexity index is 785. The highest BCUT2D eigenvalue weighted by Gasteiger charge is 2.43. The van der Waals surface area contributed by atoms with Gasteiger partial charge in [0, 0.05) is 29.5 Å². The summed E-state index contributed by atoms with van der Waals surface area (Å²) in [6.07, 6.45) is 4.99. The maximum absolute atomic E-state index is 14.5. The van der Waals surface area contributed by atoms with Gasteiger partial charge in [-0.15, -0.1) is 0 Å². The van der Waals surface area contributed by atoms with E-state index in [1.54, 1.807) is 12.1 Å². The second kappa shape index (κ2) is 8.55. The summed E-state index contributed by atoms with van der Waals surface area (Å²) in [6, 6.07) is 14.7. The molecule has 3 rings (SSSR count). The smallest absolute Gasteiger partial charge is 0.128 e. The summed E-state index contributed by atoms with van der Waals surface area (Å²) in [6.45, 7) is 0.745. The van der Waals surface area contributed by atoms with Crippen LogP contribution < -0.4 is 0 Å². The molecule has 1 fully saturated rings. The molecule has 1 N–H and O–H groups in total. The van der Waals surface area contributed by atoms with Crippen LogP contribution in [-0.2, 0) is 6.42 Å². The van der Waals surface area contributed by atoms with E-state index >= 15 is 0 Å². The predicted octanol–water partition coefficient (Wildman–Crippen LogP) is 5.20. The van der Waals surface area contributed by atoms with Crippen molar-refractivity contribution in [2.45, 2.75) is 31.3 Å². The van der Waals surface area contributed by atoms with Gasteiger partial charge in [-0.05, 0) is 56.6 Å². The standard InChI is InChI=1S/C23H27ClFNO/c1-26(2)16-19-11-6-10-18(14-17-8-4-3-5-9-17)23(19,27)15-20-21(24)12-7-13-22(20)25/h3-5,7-9,12-14,19,27H,6,10-11,15-16H2,1-2H3/b18-14-. The van der Waals surface area contributed by atoms with Gasteiger partial charge in [-0.1, -0.05) is 54.1 Å². The number of benzene rings is 2. The Morgan fingerprint density at radius 1 is 1.19 bits per heavy atom. The highest BCUT2D eigenvalue weighted by molar-refractivity contribution is 6.31. The molecular formula is C23H27ClFNO. The molecule has 0 spiro atoms. The van der Waals surface area contributed by atoms with Crippen LogP contribution >= 0.6 is 11.6 Å². The van der Waals surface area contributed by atoms with Gasteiger partial charge in [-0.25, -0.2) is 4.39 Å². The van der Waals surface area contributed by atoms with Crippen molar-refractivity contribution in [1.82, 2.24) is 4.90 Å². The Kier molecular flexibility index (Phi) is 6.36. The largest absolute Gasteiger partial charge is 0.385 e. The van der Waals surface area contributed by atoms with Gasteiger partial charge < -0.3 is 10.0 Å². The van der Waals surface area contributed by atoms with Gasteiger partial charge in [0.15, 0.2) is 0 Å². The van der Waals surface area contributed by atoms with Crippen molar-refractivity contribution in [3.05, 3.63) is 76.1 Å². The van der Waals surface area contributed by atoms with Crippen LogP contribution in [0.1, 0.15) is 30.4 Å². The monoisotopic (exact) mass is 387 g/mol. The van der Waals surface area contributed by atoms with Crippen molar-refractivity contribution < 1.29 is 9.50 Å². The Morgan fingerprint density at radius 2 is 1.93 bits per heavy atom. The van der Waals surface area contributed by atoms with E-state index in [1.165, 1.54) is 6.07 Å². The normalized spacial score (nSPS) is 24.5. The highest BCUT2D eigenvalue weighted by Crippen LogP contribution is 2.43. The quantitative estimate of drug-likeness (QED) is 0.762. The summed E-state index contributed by atoms with van der Waals surface area (Å²) in [5, 5.41) is 12.3. The van der Waals surface area contributed by atoms with E-state index in [-0.39, 0.29) is 18.2 Å². The van der Waals surface area contributed by atoms with E-state index in [0.29, 0.717) is 10.6 Å². The third-order valence-corrected chi connectivity index (χ3v) is 5.82. The van der Waals surface area contributed by atoms with E-state index in [1.807, 2.05) is 44.4 Å². The number of hydrogen-bond acceptors (Lipinski definition) is 2. The molecule has 2 nitrogen and oxygen atoms in total. The van der Waals surface area contributed by atoms with Crippen LogP contribution in [0.15, 0.2) is 54.1 Å². The van der Waals surface area contributed by atoms with Crippen molar-refractivity contribution in [1.29, 1.82) is 0 Å². The highest BCUT2D eigenvalue weighted by atomic mass is 35.5. The minimum atomic E-state index is -1.12. The van der Waals surface area contributed by atoms with Crippen molar-refractivity contribution >= 4 is 17.7 Å². The molecule has 0 aliphatic heterocycles. The van der Waals surface area contributed by atoms with Gasteiger partial charge in [0.25, 0.3) is 0 Å². The molecule has 1 aliphatic carbocycles. The molecule has 0 heterocycles. The van der Waals surface area contributed by atoms with Gasteiger partial charge in [0.05, 0.1) is 5.60 Å². The molecule has 2 atom stereocenters. The molecule has 1 saturated carbocycles. The summed E-state index contributed by atoms with van der Waals surface area (Å²) >= 11 is 6.29. The van der Waals surface area contributed by atoms with Crippen molar-refractivity contribution in [2.75, 3.05) is 20.6 Å². The van der Waals surface area contributed by atoms with E-state index in [4.69, 9.17) is 11.6 Å². The molecule has 2 aromatic carbocycles. The first-order valence-electron chi connectivity index (χ1n) is 9.46. The van der Waals surface area contributed by atoms with E-state index in [2.05, 4.69) is 11.0 Å². The zero-order valence-corrected chi connectivity index (χ0v) is 16.7. The molecule has 0 saturated heterocycles. The molecule has 1 aliphatic rings. The van der Waals surface area contributed by atoms with E-state index < -0.39 is 5.60 Å². The summed E-state index contributed by atoms with van der Waals surface area (Å²) in [5.74, 6) is -0.337. The molecule has 0 aromatic heterocycles. The maximum atomic E-state index is 14.5. The number of halogens is 2. The molecule has 4 heteroatoms. The summed E-state index contributed by atoms with van der Waals surface area (Å²) in [4.78, 5) is 2.09. The topological polar surface area (TPSA) is 23.5 Å². The second-order valence-electron chi connectivity index (χ2n) is 7.73. The van der Waals surface area contributed by atoms with Crippen molar-refractivity contribution in [3.8, 4) is 0 Å². The summed E-state index contributed by atoms with van der Waals surface area (Å²) < 4.78 is 14.5. The van der Waals surface area contributed by atoms with Gasteiger partial charge in [0.1, 0.15) is 5.82 Å². The summed E-state index contributed by atoms with van der Waals surface area (Å²) in [5.41, 5.74) is 1.29. The Hall–Kier alpha value is -1.68. The second-order valence-corrected chi connectivity index (χ2v) is 8.14. The van der Waals surface area contributed by atoms with Crippen molar-refractivity contribution in [3.63, 3.8) is 0 Å². The van der Waals surface area contributed by atoms with Crippen LogP contribution in [0.4, 0.5) is 4.39 Å². The third kappa shape index (κ3) is 4.60. The maximum Gasteiger partial charge on any atom is 0.128 e. The number of hydrogen-bond donors (Lipinski definition) is 1. The summed E-state index contributed by atoms with van der Waals surface area (Å²) in [7, 11) is 4.01. The fraction of sp³-hybridized carbons (Fsp3) is 0.391.